The topological polar surface area (TPSA) is 41.5 Å². The Labute approximate surface area is 147 Å². The number of rotatable bonds is 8. The van der Waals surface area contributed by atoms with Crippen molar-refractivity contribution >= 4 is 23.2 Å². The molecule has 2 N–H and O–H groups in total. The fraction of sp³-hybridized carbons (Fsp3) is 0.333. The van der Waals surface area contributed by atoms with Crippen molar-refractivity contribution in [3.05, 3.63) is 63.6 Å². The number of aliphatic hydroxyl groups is 1. The Morgan fingerprint density at radius 3 is 2.30 bits per heavy atom. The summed E-state index contributed by atoms with van der Waals surface area (Å²) >= 11 is 12.6. The smallest absolute Gasteiger partial charge is 0.156 e. The average Bonchev–Trinajstić information content (AvgIpc) is 2.56. The quantitative estimate of drug-likeness (QED) is 0.737. The lowest BCUT2D eigenvalue weighted by molar-refractivity contribution is 0.238. The zero-order chi connectivity index (χ0) is 16.7. The maximum Gasteiger partial charge on any atom is 0.156 e. The van der Waals surface area contributed by atoms with Crippen LogP contribution in [0.4, 0.5) is 0 Å². The molecule has 5 heteroatoms. The third-order valence-electron chi connectivity index (χ3n) is 3.59. The second-order valence-electron chi connectivity index (χ2n) is 5.33. The minimum Gasteiger partial charge on any atom is -0.486 e. The van der Waals surface area contributed by atoms with Crippen LogP contribution in [0, 0.1) is 0 Å². The fourth-order valence-electron chi connectivity index (χ4n) is 2.18. The number of halogens is 2. The van der Waals surface area contributed by atoms with Gasteiger partial charge in [0.25, 0.3) is 0 Å². The molecule has 1 atom stereocenters. The lowest BCUT2D eigenvalue weighted by atomic mass is 10.2. The number of nitrogens with one attached hydrogen (secondary N) is 1. The van der Waals surface area contributed by atoms with Crippen LogP contribution >= 0.6 is 23.2 Å². The summed E-state index contributed by atoms with van der Waals surface area (Å²) in [5.41, 5.74) is 2.01. The summed E-state index contributed by atoms with van der Waals surface area (Å²) in [6, 6.07) is 13.6. The molecule has 0 aromatic heterocycles. The Kier molecular flexibility index (Phi) is 7.18. The molecule has 2 aromatic rings. The number of hydrogen-bond donors (Lipinski definition) is 2. The van der Waals surface area contributed by atoms with Gasteiger partial charge in [-0.25, -0.2) is 0 Å². The molecule has 1 unspecified atom stereocenters. The monoisotopic (exact) mass is 353 g/mol. The van der Waals surface area contributed by atoms with Gasteiger partial charge in [-0.1, -0.05) is 60.5 Å². The van der Waals surface area contributed by atoms with E-state index in [1.54, 1.807) is 0 Å². The summed E-state index contributed by atoms with van der Waals surface area (Å²) in [5, 5.41) is 13.4. The van der Waals surface area contributed by atoms with Crippen LogP contribution in [0.3, 0.4) is 0 Å². The van der Waals surface area contributed by atoms with Crippen molar-refractivity contribution in [2.24, 2.45) is 0 Å². The average molecular weight is 354 g/mol. The van der Waals surface area contributed by atoms with Crippen molar-refractivity contribution in [2.75, 3.05) is 6.61 Å². The number of ether oxygens (including phenoxy) is 1. The van der Waals surface area contributed by atoms with Crippen molar-refractivity contribution in [2.45, 2.75) is 32.5 Å². The van der Waals surface area contributed by atoms with Gasteiger partial charge in [0.2, 0.25) is 0 Å². The van der Waals surface area contributed by atoms with Gasteiger partial charge in [0.05, 0.1) is 16.7 Å². The molecule has 0 heterocycles. The van der Waals surface area contributed by atoms with Gasteiger partial charge in [0.1, 0.15) is 6.61 Å². The lowest BCUT2D eigenvalue weighted by Gasteiger charge is -2.16. The minimum absolute atomic E-state index is 0.0709. The van der Waals surface area contributed by atoms with Crippen LogP contribution < -0.4 is 10.1 Å². The third kappa shape index (κ3) is 5.40. The van der Waals surface area contributed by atoms with E-state index in [1.807, 2.05) is 49.4 Å². The summed E-state index contributed by atoms with van der Waals surface area (Å²) in [4.78, 5) is 0. The van der Waals surface area contributed by atoms with Crippen molar-refractivity contribution in [1.29, 1.82) is 0 Å². The van der Waals surface area contributed by atoms with E-state index in [0.29, 0.717) is 28.9 Å². The molecule has 0 aliphatic heterocycles. The first kappa shape index (κ1) is 18.1. The van der Waals surface area contributed by atoms with Crippen molar-refractivity contribution in [3.8, 4) is 5.75 Å². The van der Waals surface area contributed by atoms with Crippen LogP contribution in [0.25, 0.3) is 0 Å². The highest BCUT2D eigenvalue weighted by molar-refractivity contribution is 6.37. The Balaban J connectivity index is 2.02. The van der Waals surface area contributed by atoms with Crippen molar-refractivity contribution < 1.29 is 9.84 Å². The van der Waals surface area contributed by atoms with Gasteiger partial charge >= 0.3 is 0 Å². The van der Waals surface area contributed by atoms with E-state index in [2.05, 4.69) is 5.32 Å². The molecule has 23 heavy (non-hydrogen) atoms. The minimum atomic E-state index is 0.0709. The van der Waals surface area contributed by atoms with Gasteiger partial charge in [0.15, 0.2) is 5.75 Å². The summed E-state index contributed by atoms with van der Waals surface area (Å²) in [6.07, 6.45) is 0.857. The first-order valence-corrected chi connectivity index (χ1v) is 8.38. The third-order valence-corrected chi connectivity index (χ3v) is 4.15. The molecule has 124 valence electrons. The zero-order valence-corrected chi connectivity index (χ0v) is 14.6. The maximum atomic E-state index is 9.20. The standard InChI is InChI=1S/C18H21Cl2NO2/c1-2-15(11-22)21-10-14-8-16(19)18(17(20)9-14)23-12-13-6-4-3-5-7-13/h3-9,15,21-22H,2,10-12H2,1H3. The van der Waals surface area contributed by atoms with E-state index >= 15 is 0 Å². The van der Waals surface area contributed by atoms with E-state index in [4.69, 9.17) is 27.9 Å². The first-order chi connectivity index (χ1) is 11.1. The molecular weight excluding hydrogens is 333 g/mol. The molecule has 0 fully saturated rings. The second-order valence-corrected chi connectivity index (χ2v) is 6.15. The summed E-state index contributed by atoms with van der Waals surface area (Å²) in [5.74, 6) is 0.495. The predicted octanol–water partition coefficient (Wildman–Crippen LogP) is 4.43. The van der Waals surface area contributed by atoms with Crippen LogP contribution in [0.15, 0.2) is 42.5 Å². The molecule has 2 aromatic carbocycles. The van der Waals surface area contributed by atoms with E-state index in [1.165, 1.54) is 0 Å². The summed E-state index contributed by atoms with van der Waals surface area (Å²) in [7, 11) is 0. The summed E-state index contributed by atoms with van der Waals surface area (Å²) in [6.45, 7) is 3.14. The molecule has 0 bridgehead atoms. The van der Waals surface area contributed by atoms with Gasteiger partial charge < -0.3 is 15.2 Å². The molecular formula is C18H21Cl2NO2. The molecule has 0 amide bonds. The molecule has 0 aliphatic carbocycles. The molecule has 0 saturated carbocycles. The van der Waals surface area contributed by atoms with Crippen LogP contribution in [0.5, 0.6) is 5.75 Å². The van der Waals surface area contributed by atoms with Crippen LogP contribution in [0.2, 0.25) is 10.0 Å². The predicted molar refractivity (Wildman–Crippen MR) is 95.2 cm³/mol. The van der Waals surface area contributed by atoms with Crippen LogP contribution in [-0.4, -0.2) is 17.8 Å². The highest BCUT2D eigenvalue weighted by atomic mass is 35.5. The highest BCUT2D eigenvalue weighted by Gasteiger charge is 2.11. The highest BCUT2D eigenvalue weighted by Crippen LogP contribution is 2.34. The Bertz CT molecular complexity index is 593. The second kappa shape index (κ2) is 9.14. The number of benzene rings is 2. The fourth-order valence-corrected chi connectivity index (χ4v) is 2.82. The summed E-state index contributed by atoms with van der Waals surface area (Å²) < 4.78 is 5.75. The SMILES string of the molecule is CCC(CO)NCc1cc(Cl)c(OCc2ccccc2)c(Cl)c1. The van der Waals surface area contributed by atoms with Crippen LogP contribution in [0.1, 0.15) is 24.5 Å². The zero-order valence-electron chi connectivity index (χ0n) is 13.1. The Morgan fingerprint density at radius 1 is 1.09 bits per heavy atom. The number of hydrogen-bond acceptors (Lipinski definition) is 3. The molecule has 3 nitrogen and oxygen atoms in total. The lowest BCUT2D eigenvalue weighted by Crippen LogP contribution is -2.31. The maximum absolute atomic E-state index is 9.20. The van der Waals surface area contributed by atoms with Crippen molar-refractivity contribution in [1.82, 2.24) is 5.32 Å². The molecule has 0 aliphatic rings. The van der Waals surface area contributed by atoms with Gasteiger partial charge in [0, 0.05) is 12.6 Å². The Hall–Kier alpha value is -1.26. The van der Waals surface area contributed by atoms with Gasteiger partial charge in [-0.05, 0) is 29.7 Å². The molecule has 2 rings (SSSR count). The van der Waals surface area contributed by atoms with Gasteiger partial charge in [-0.15, -0.1) is 0 Å². The molecule has 0 radical (unpaired) electrons. The normalized spacial score (nSPS) is 12.2. The van der Waals surface area contributed by atoms with Crippen molar-refractivity contribution in [3.63, 3.8) is 0 Å². The van der Waals surface area contributed by atoms with Crippen LogP contribution in [-0.2, 0) is 13.2 Å². The molecule has 0 spiro atoms. The van der Waals surface area contributed by atoms with E-state index in [-0.39, 0.29) is 12.6 Å². The van der Waals surface area contributed by atoms with E-state index in [9.17, 15) is 5.11 Å². The molecule has 0 saturated heterocycles. The first-order valence-electron chi connectivity index (χ1n) is 7.63. The van der Waals surface area contributed by atoms with Gasteiger partial charge in [-0.3, -0.25) is 0 Å². The Morgan fingerprint density at radius 2 is 1.74 bits per heavy atom. The number of aliphatic hydroxyl groups excluding tert-OH is 1. The largest absolute Gasteiger partial charge is 0.486 e. The van der Waals surface area contributed by atoms with E-state index < -0.39 is 0 Å². The van der Waals surface area contributed by atoms with E-state index in [0.717, 1.165) is 17.5 Å². The van der Waals surface area contributed by atoms with Gasteiger partial charge in [-0.2, -0.15) is 0 Å².